The summed E-state index contributed by atoms with van der Waals surface area (Å²) in [5.74, 6) is -0.332. The van der Waals surface area contributed by atoms with Gasteiger partial charge in [-0.3, -0.25) is 0 Å². The maximum atomic E-state index is 12.2. The smallest absolute Gasteiger partial charge is 0.329 e. The van der Waals surface area contributed by atoms with E-state index in [1.807, 2.05) is 25.1 Å². The minimum absolute atomic E-state index is 0.133. The lowest BCUT2D eigenvalue weighted by Gasteiger charge is -2.36. The van der Waals surface area contributed by atoms with Crippen molar-refractivity contribution in [3.05, 3.63) is 29.8 Å². The highest BCUT2D eigenvalue weighted by atomic mass is 32.2. The third kappa shape index (κ3) is 5.37. The minimum atomic E-state index is -1.78. The molecule has 0 amide bonds. The summed E-state index contributed by atoms with van der Waals surface area (Å²) in [7, 11) is 1.24. The van der Waals surface area contributed by atoms with Gasteiger partial charge in [0.25, 0.3) is 0 Å². The molecule has 0 spiro atoms. The molecule has 6 atom stereocenters. The standard InChI is InChI=1S/C18H26N2O7S2/c1-9-5-3-4-6-10(9)19-18(28)20-11(17(26)27-2)8-29-16(20)15(25)14(24)13(23)12(22)7-21/h3-6,11-16,21-25H,7-8H2,1-2H3,(H,19,28)/t11-,12-,13-,14+,15-,16?/m0/s1. The average Bonchev–Trinajstić information content (AvgIpc) is 3.17. The van der Waals surface area contributed by atoms with Crippen molar-refractivity contribution in [2.24, 2.45) is 0 Å². The van der Waals surface area contributed by atoms with Crippen molar-refractivity contribution in [3.8, 4) is 0 Å². The van der Waals surface area contributed by atoms with Crippen LogP contribution in [0.25, 0.3) is 0 Å². The van der Waals surface area contributed by atoms with E-state index in [-0.39, 0.29) is 10.9 Å². The first-order valence-corrected chi connectivity index (χ1v) is 10.4. The number of hydrogen-bond acceptors (Lipinski definition) is 9. The van der Waals surface area contributed by atoms with Crippen molar-refractivity contribution in [2.75, 3.05) is 24.8 Å². The van der Waals surface area contributed by atoms with Gasteiger partial charge < -0.3 is 40.5 Å². The number of aryl methyl sites for hydroxylation is 1. The average molecular weight is 447 g/mol. The number of thioether (sulfide) groups is 1. The molecule has 11 heteroatoms. The summed E-state index contributed by atoms with van der Waals surface area (Å²) < 4.78 is 4.83. The van der Waals surface area contributed by atoms with Gasteiger partial charge in [0, 0.05) is 11.4 Å². The minimum Gasteiger partial charge on any atom is -0.467 e. The second kappa shape index (κ2) is 10.5. The zero-order valence-electron chi connectivity index (χ0n) is 16.0. The highest BCUT2D eigenvalue weighted by molar-refractivity contribution is 8.00. The van der Waals surface area contributed by atoms with Gasteiger partial charge in [0.2, 0.25) is 0 Å². The number of nitrogens with one attached hydrogen (secondary N) is 1. The van der Waals surface area contributed by atoms with E-state index in [0.29, 0.717) is 5.69 Å². The largest absolute Gasteiger partial charge is 0.467 e. The lowest BCUT2D eigenvalue weighted by atomic mass is 10.0. The van der Waals surface area contributed by atoms with Crippen molar-refractivity contribution < 1.29 is 35.1 Å². The molecule has 1 saturated heterocycles. The van der Waals surface area contributed by atoms with Gasteiger partial charge in [-0.05, 0) is 30.8 Å². The molecular weight excluding hydrogens is 420 g/mol. The summed E-state index contributed by atoms with van der Waals surface area (Å²) in [5.41, 5.74) is 1.62. The lowest BCUT2D eigenvalue weighted by molar-refractivity contribution is -0.146. The van der Waals surface area contributed by atoms with E-state index < -0.39 is 48.4 Å². The van der Waals surface area contributed by atoms with Crippen molar-refractivity contribution >= 4 is 40.7 Å². The molecule has 1 aromatic carbocycles. The topological polar surface area (TPSA) is 143 Å². The Kier molecular flexibility index (Phi) is 8.64. The second-order valence-corrected chi connectivity index (χ2v) is 8.17. The number of nitrogens with zero attached hydrogens (tertiary/aromatic N) is 1. The van der Waals surface area contributed by atoms with Crippen molar-refractivity contribution in [2.45, 2.75) is 42.8 Å². The molecule has 0 aromatic heterocycles. The second-order valence-electron chi connectivity index (χ2n) is 6.64. The fourth-order valence-electron chi connectivity index (χ4n) is 2.96. The molecule has 1 aliphatic rings. The number of carbonyl (C=O) groups is 1. The number of carbonyl (C=O) groups excluding carboxylic acids is 1. The molecular formula is C18H26N2O7S2. The predicted octanol–water partition coefficient (Wildman–Crippen LogP) is -0.956. The first kappa shape index (κ1) is 23.8. The van der Waals surface area contributed by atoms with Crippen LogP contribution in [0.2, 0.25) is 0 Å². The molecule has 1 aromatic rings. The molecule has 162 valence electrons. The monoisotopic (exact) mass is 446 g/mol. The number of methoxy groups -OCH3 is 1. The van der Waals surface area contributed by atoms with Crippen molar-refractivity contribution in [3.63, 3.8) is 0 Å². The molecule has 1 unspecified atom stereocenters. The zero-order valence-corrected chi connectivity index (χ0v) is 17.6. The number of esters is 1. The fourth-order valence-corrected chi connectivity index (χ4v) is 4.83. The van der Waals surface area contributed by atoms with Gasteiger partial charge in [-0.2, -0.15) is 0 Å². The molecule has 29 heavy (non-hydrogen) atoms. The van der Waals surface area contributed by atoms with Crippen LogP contribution in [-0.2, 0) is 9.53 Å². The van der Waals surface area contributed by atoms with Crippen LogP contribution in [0.1, 0.15) is 5.56 Å². The van der Waals surface area contributed by atoms with Gasteiger partial charge in [-0.25, -0.2) is 4.79 Å². The third-order valence-electron chi connectivity index (χ3n) is 4.70. The van der Waals surface area contributed by atoms with Crippen LogP contribution in [-0.4, -0.2) is 96.8 Å². The SMILES string of the molecule is COC(=O)[C@@H]1CSC([C@@H](O)[C@H](O)[C@@H](O)[C@@H](O)CO)N1C(=S)Nc1ccccc1C. The molecule has 0 bridgehead atoms. The Labute approximate surface area is 178 Å². The lowest BCUT2D eigenvalue weighted by Crippen LogP contribution is -2.56. The van der Waals surface area contributed by atoms with Crippen LogP contribution in [0, 0.1) is 6.92 Å². The van der Waals surface area contributed by atoms with Crippen LogP contribution in [0.4, 0.5) is 5.69 Å². The summed E-state index contributed by atoms with van der Waals surface area (Å²) in [6, 6.07) is 6.55. The number of hydrogen-bond donors (Lipinski definition) is 6. The molecule has 1 aliphatic heterocycles. The number of para-hydroxylation sites is 1. The van der Waals surface area contributed by atoms with Gasteiger partial charge >= 0.3 is 5.97 Å². The summed E-state index contributed by atoms with van der Waals surface area (Å²) >= 11 is 6.62. The van der Waals surface area contributed by atoms with E-state index >= 15 is 0 Å². The maximum absolute atomic E-state index is 12.2. The summed E-state index contributed by atoms with van der Waals surface area (Å²) in [6.07, 6.45) is -6.78. The maximum Gasteiger partial charge on any atom is 0.329 e. The van der Waals surface area contributed by atoms with E-state index in [4.69, 9.17) is 22.1 Å². The zero-order chi connectivity index (χ0) is 21.7. The van der Waals surface area contributed by atoms with E-state index in [0.717, 1.165) is 17.3 Å². The first-order chi connectivity index (χ1) is 13.7. The Morgan fingerprint density at radius 3 is 2.55 bits per heavy atom. The molecule has 2 rings (SSSR count). The molecule has 0 saturated carbocycles. The van der Waals surface area contributed by atoms with Gasteiger partial charge in [0.1, 0.15) is 35.8 Å². The predicted molar refractivity (Wildman–Crippen MR) is 112 cm³/mol. The number of rotatable bonds is 7. The number of benzene rings is 1. The third-order valence-corrected chi connectivity index (χ3v) is 6.37. The van der Waals surface area contributed by atoms with Crippen molar-refractivity contribution in [1.29, 1.82) is 0 Å². The summed E-state index contributed by atoms with van der Waals surface area (Å²) in [4.78, 5) is 13.7. The molecule has 0 radical (unpaired) electrons. The molecule has 9 nitrogen and oxygen atoms in total. The van der Waals surface area contributed by atoms with Gasteiger partial charge in [-0.1, -0.05) is 18.2 Å². The fraction of sp³-hybridized carbons (Fsp3) is 0.556. The Hall–Kier alpha value is -1.47. The molecule has 6 N–H and O–H groups in total. The van der Waals surface area contributed by atoms with Crippen LogP contribution in [0.5, 0.6) is 0 Å². The van der Waals surface area contributed by atoms with E-state index in [2.05, 4.69) is 5.32 Å². The summed E-state index contributed by atoms with van der Waals surface area (Å²) in [5, 5.41) is 51.7. The number of anilines is 1. The van der Waals surface area contributed by atoms with Crippen LogP contribution in [0.15, 0.2) is 24.3 Å². The Bertz CT molecular complexity index is 723. The van der Waals surface area contributed by atoms with Gasteiger partial charge in [0.05, 0.1) is 13.7 Å². The number of aliphatic hydroxyl groups excluding tert-OH is 5. The highest BCUT2D eigenvalue weighted by Gasteiger charge is 2.47. The Balaban J connectivity index is 2.27. The van der Waals surface area contributed by atoms with Crippen molar-refractivity contribution in [1.82, 2.24) is 4.90 Å². The molecule has 0 aliphatic carbocycles. The quantitative estimate of drug-likeness (QED) is 0.228. The van der Waals surface area contributed by atoms with E-state index in [1.54, 1.807) is 6.07 Å². The first-order valence-electron chi connectivity index (χ1n) is 8.90. The number of ether oxygens (including phenoxy) is 1. The highest BCUT2D eigenvalue weighted by Crippen LogP contribution is 2.34. The van der Waals surface area contributed by atoms with E-state index in [1.165, 1.54) is 12.0 Å². The normalized spacial score (nSPS) is 23.2. The van der Waals surface area contributed by atoms with Gasteiger partial charge in [-0.15, -0.1) is 11.8 Å². The van der Waals surface area contributed by atoms with Crippen LogP contribution in [0.3, 0.4) is 0 Å². The molecule has 1 heterocycles. The van der Waals surface area contributed by atoms with Crippen LogP contribution < -0.4 is 5.32 Å². The van der Waals surface area contributed by atoms with Crippen LogP contribution >= 0.6 is 24.0 Å². The molecule has 1 fully saturated rings. The number of thiocarbonyl (C=S) groups is 1. The van der Waals surface area contributed by atoms with E-state index in [9.17, 15) is 25.2 Å². The summed E-state index contributed by atoms with van der Waals surface area (Å²) in [6.45, 7) is 1.09. The Morgan fingerprint density at radius 2 is 1.97 bits per heavy atom. The van der Waals surface area contributed by atoms with Gasteiger partial charge in [0.15, 0.2) is 5.11 Å². The Morgan fingerprint density at radius 1 is 1.31 bits per heavy atom. The number of aliphatic hydroxyl groups is 5.